The number of ether oxygens (including phenoxy) is 1. The number of likely N-dealkylation sites (tertiary alicyclic amines) is 1. The molecule has 1 aliphatic heterocycles. The fraction of sp³-hybridized carbons (Fsp3) is 0.615. The lowest BCUT2D eigenvalue weighted by molar-refractivity contribution is -0.166. The zero-order chi connectivity index (χ0) is 22.6. The molecule has 7 rings (SSSR count). The van der Waals surface area contributed by atoms with E-state index in [0.717, 1.165) is 36.8 Å². The molecule has 0 unspecified atom stereocenters. The number of aryl methyl sites for hydroxylation is 1. The van der Waals surface area contributed by atoms with E-state index in [4.69, 9.17) is 9.26 Å². The Morgan fingerprint density at radius 2 is 1.76 bits per heavy atom. The second-order valence-electron chi connectivity index (χ2n) is 10.8. The van der Waals surface area contributed by atoms with Gasteiger partial charge in [-0.2, -0.15) is 4.98 Å². The van der Waals surface area contributed by atoms with Crippen LogP contribution in [0.2, 0.25) is 0 Å². The van der Waals surface area contributed by atoms with Crippen LogP contribution < -0.4 is 0 Å². The van der Waals surface area contributed by atoms with Crippen molar-refractivity contribution in [3.63, 3.8) is 0 Å². The Kier molecular flexibility index (Phi) is 5.03. The van der Waals surface area contributed by atoms with Gasteiger partial charge in [-0.15, -0.1) is 0 Å². The number of benzene rings is 1. The third-order valence-corrected chi connectivity index (χ3v) is 8.39. The lowest BCUT2D eigenvalue weighted by atomic mass is 9.49. The summed E-state index contributed by atoms with van der Waals surface area (Å²) in [4.78, 5) is 32.9. The molecule has 4 saturated carbocycles. The van der Waals surface area contributed by atoms with Gasteiger partial charge in [0.1, 0.15) is 6.04 Å². The average Bonchev–Trinajstić information content (AvgIpc) is 3.47. The molecule has 174 valence electrons. The van der Waals surface area contributed by atoms with E-state index < -0.39 is 6.04 Å². The lowest BCUT2D eigenvalue weighted by Crippen LogP contribution is -2.56. The number of amides is 1. The number of nitrogens with zero attached hydrogens (tertiary/aromatic N) is 3. The van der Waals surface area contributed by atoms with Crippen molar-refractivity contribution in [1.29, 1.82) is 0 Å². The fourth-order valence-electron chi connectivity index (χ4n) is 7.29. The van der Waals surface area contributed by atoms with E-state index in [0.29, 0.717) is 36.5 Å². The maximum atomic E-state index is 13.7. The predicted molar refractivity (Wildman–Crippen MR) is 120 cm³/mol. The fourth-order valence-corrected chi connectivity index (χ4v) is 7.29. The molecule has 1 saturated heterocycles. The van der Waals surface area contributed by atoms with Gasteiger partial charge < -0.3 is 14.2 Å². The first kappa shape index (κ1) is 20.9. The van der Waals surface area contributed by atoms with Crippen molar-refractivity contribution in [3.05, 3.63) is 35.7 Å². The summed E-state index contributed by atoms with van der Waals surface area (Å²) in [5, 5.41) is 4.00. The van der Waals surface area contributed by atoms with Crippen molar-refractivity contribution in [3.8, 4) is 11.4 Å². The van der Waals surface area contributed by atoms with Crippen molar-refractivity contribution < 1.29 is 18.8 Å². The van der Waals surface area contributed by atoms with Gasteiger partial charge >= 0.3 is 5.97 Å². The van der Waals surface area contributed by atoms with Crippen LogP contribution in [0.4, 0.5) is 0 Å². The standard InChI is InChI=1S/C26H31N3O4/c1-16-4-6-20(7-5-16)23-27-22(33-28-23)15-32-24(30)21-3-2-8-29(21)25(31)26-12-17-9-18(13-26)11-19(10-17)14-26/h4-7,17-19,21H,2-3,8-15H2,1H3/t17?,18?,19?,21-,26?/m0/s1. The van der Waals surface area contributed by atoms with Gasteiger partial charge in [-0.05, 0) is 76.0 Å². The quantitative estimate of drug-likeness (QED) is 0.633. The smallest absolute Gasteiger partial charge is 0.329 e. The Balaban J connectivity index is 1.10. The maximum Gasteiger partial charge on any atom is 0.329 e. The van der Waals surface area contributed by atoms with Crippen LogP contribution in [0.1, 0.15) is 62.8 Å². The third-order valence-electron chi connectivity index (χ3n) is 8.39. The van der Waals surface area contributed by atoms with Gasteiger partial charge in [-0.1, -0.05) is 35.0 Å². The highest BCUT2D eigenvalue weighted by atomic mass is 16.6. The SMILES string of the molecule is Cc1ccc(-c2noc(COC(=O)[C@@H]3CCCN3C(=O)C34CC5CC(CC(C5)C3)C4)n2)cc1. The monoisotopic (exact) mass is 449 g/mol. The normalized spacial score (nSPS) is 32.3. The molecule has 5 aliphatic rings. The van der Waals surface area contributed by atoms with Crippen LogP contribution in [0, 0.1) is 30.1 Å². The van der Waals surface area contributed by atoms with E-state index >= 15 is 0 Å². The van der Waals surface area contributed by atoms with Crippen molar-refractivity contribution in [2.45, 2.75) is 70.9 Å². The summed E-state index contributed by atoms with van der Waals surface area (Å²) in [7, 11) is 0. The largest absolute Gasteiger partial charge is 0.454 e. The Hall–Kier alpha value is -2.70. The number of carbonyl (C=O) groups is 2. The Labute approximate surface area is 193 Å². The molecule has 1 atom stereocenters. The molecule has 2 heterocycles. The van der Waals surface area contributed by atoms with E-state index in [-0.39, 0.29) is 29.8 Å². The van der Waals surface area contributed by atoms with Gasteiger partial charge in [0, 0.05) is 12.1 Å². The van der Waals surface area contributed by atoms with Gasteiger partial charge in [0.25, 0.3) is 5.89 Å². The number of hydrogen-bond acceptors (Lipinski definition) is 6. The van der Waals surface area contributed by atoms with Crippen LogP contribution in [0.5, 0.6) is 0 Å². The molecule has 4 bridgehead atoms. The topological polar surface area (TPSA) is 85.5 Å². The van der Waals surface area contributed by atoms with Gasteiger partial charge in [-0.25, -0.2) is 4.79 Å². The molecule has 2 aromatic rings. The van der Waals surface area contributed by atoms with Crippen molar-refractivity contribution >= 4 is 11.9 Å². The molecule has 5 fully saturated rings. The summed E-state index contributed by atoms with van der Waals surface area (Å²) in [6.07, 6.45) is 8.44. The Morgan fingerprint density at radius 3 is 2.42 bits per heavy atom. The molecular formula is C26H31N3O4. The minimum atomic E-state index is -0.495. The number of hydrogen-bond donors (Lipinski definition) is 0. The zero-order valence-electron chi connectivity index (χ0n) is 19.2. The van der Waals surface area contributed by atoms with E-state index in [2.05, 4.69) is 10.1 Å². The first-order valence-electron chi connectivity index (χ1n) is 12.4. The van der Waals surface area contributed by atoms with Gasteiger partial charge in [0.15, 0.2) is 6.61 Å². The molecule has 7 heteroatoms. The van der Waals surface area contributed by atoms with Crippen molar-refractivity contribution in [2.75, 3.05) is 6.54 Å². The van der Waals surface area contributed by atoms with Crippen LogP contribution in [0.3, 0.4) is 0 Å². The number of aromatic nitrogens is 2. The second kappa shape index (κ2) is 7.96. The molecule has 1 aromatic carbocycles. The predicted octanol–water partition coefficient (Wildman–Crippen LogP) is 4.30. The summed E-state index contributed by atoms with van der Waals surface area (Å²) in [6, 6.07) is 7.34. The maximum absolute atomic E-state index is 13.7. The number of carbonyl (C=O) groups excluding carboxylic acids is 2. The van der Waals surface area contributed by atoms with E-state index in [9.17, 15) is 9.59 Å². The van der Waals surface area contributed by atoms with Crippen LogP contribution in [0.25, 0.3) is 11.4 Å². The van der Waals surface area contributed by atoms with E-state index in [1.165, 1.54) is 19.3 Å². The van der Waals surface area contributed by atoms with Gasteiger partial charge in [0.05, 0.1) is 5.41 Å². The molecule has 1 aromatic heterocycles. The van der Waals surface area contributed by atoms with Crippen LogP contribution in [-0.4, -0.2) is 39.5 Å². The molecule has 33 heavy (non-hydrogen) atoms. The molecule has 0 radical (unpaired) electrons. The summed E-state index contributed by atoms with van der Waals surface area (Å²) in [5.74, 6) is 2.69. The van der Waals surface area contributed by atoms with Crippen LogP contribution in [0.15, 0.2) is 28.8 Å². The average molecular weight is 450 g/mol. The highest BCUT2D eigenvalue weighted by Crippen LogP contribution is 2.60. The van der Waals surface area contributed by atoms with Crippen LogP contribution in [-0.2, 0) is 20.9 Å². The highest BCUT2D eigenvalue weighted by Gasteiger charge is 2.57. The van der Waals surface area contributed by atoms with E-state index in [1.807, 2.05) is 36.1 Å². The molecule has 1 amide bonds. The summed E-state index contributed by atoms with van der Waals surface area (Å²) < 4.78 is 10.8. The molecular weight excluding hydrogens is 418 g/mol. The van der Waals surface area contributed by atoms with Crippen LogP contribution >= 0.6 is 0 Å². The number of rotatable bonds is 5. The second-order valence-corrected chi connectivity index (χ2v) is 10.8. The minimum Gasteiger partial charge on any atom is -0.454 e. The van der Waals surface area contributed by atoms with Crippen molar-refractivity contribution in [1.82, 2.24) is 15.0 Å². The van der Waals surface area contributed by atoms with E-state index in [1.54, 1.807) is 0 Å². The summed E-state index contributed by atoms with van der Waals surface area (Å²) in [6.45, 7) is 2.59. The highest BCUT2D eigenvalue weighted by molar-refractivity contribution is 5.89. The minimum absolute atomic E-state index is 0.0758. The summed E-state index contributed by atoms with van der Waals surface area (Å²) >= 11 is 0. The first-order chi connectivity index (χ1) is 16.0. The van der Waals surface area contributed by atoms with Gasteiger partial charge in [0.2, 0.25) is 11.7 Å². The molecule has 4 aliphatic carbocycles. The number of esters is 1. The molecule has 7 nitrogen and oxygen atoms in total. The molecule has 0 N–H and O–H groups in total. The van der Waals surface area contributed by atoms with Crippen molar-refractivity contribution in [2.24, 2.45) is 23.2 Å². The Bertz CT molecular complexity index is 1020. The van der Waals surface area contributed by atoms with Gasteiger partial charge in [-0.3, -0.25) is 4.79 Å². The summed E-state index contributed by atoms with van der Waals surface area (Å²) in [5.41, 5.74) is 1.78. The zero-order valence-corrected chi connectivity index (χ0v) is 19.2. The third kappa shape index (κ3) is 3.75. The first-order valence-corrected chi connectivity index (χ1v) is 12.4. The molecule has 0 spiro atoms. The Morgan fingerprint density at radius 1 is 1.09 bits per heavy atom. The lowest BCUT2D eigenvalue weighted by Gasteiger charge is -2.56.